The number of ether oxygens (including phenoxy) is 1. The van der Waals surface area contributed by atoms with E-state index in [1.165, 1.54) is 18.3 Å². The van der Waals surface area contributed by atoms with Crippen molar-refractivity contribution in [3.63, 3.8) is 0 Å². The minimum atomic E-state index is -4.44. The van der Waals surface area contributed by atoms with Crippen LogP contribution in [-0.4, -0.2) is 18.7 Å². The molecule has 2 aromatic carbocycles. The average Bonchev–Trinajstić information content (AvgIpc) is 2.57. The van der Waals surface area contributed by atoms with Crippen molar-refractivity contribution in [3.05, 3.63) is 63.6 Å². The first-order valence-electron chi connectivity index (χ1n) is 7.70. The minimum absolute atomic E-state index is 0.200. The summed E-state index contributed by atoms with van der Waals surface area (Å²) in [4.78, 5) is 11.8. The number of carbonyl (C=O) groups excluding carboxylic acids is 1. The molecule has 0 unspecified atom stereocenters. The zero-order chi connectivity index (χ0) is 19.2. The number of nitrogens with one attached hydrogen (secondary N) is 1. The smallest absolute Gasteiger partial charge is 0.416 e. The monoisotopic (exact) mass is 428 g/mol. The molecule has 0 saturated carbocycles. The molecule has 26 heavy (non-hydrogen) atoms. The van der Waals surface area contributed by atoms with E-state index in [0.29, 0.717) is 12.4 Å². The van der Waals surface area contributed by atoms with Crippen LogP contribution in [-0.2, 0) is 17.4 Å². The zero-order valence-electron chi connectivity index (χ0n) is 13.8. The van der Waals surface area contributed by atoms with E-state index in [-0.39, 0.29) is 12.0 Å². The fourth-order valence-corrected chi connectivity index (χ4v) is 2.64. The molecule has 2 aromatic rings. The van der Waals surface area contributed by atoms with Gasteiger partial charge in [-0.2, -0.15) is 18.3 Å². The van der Waals surface area contributed by atoms with Crippen molar-refractivity contribution in [1.29, 1.82) is 0 Å². The lowest BCUT2D eigenvalue weighted by Gasteiger charge is -2.08. The van der Waals surface area contributed by atoms with E-state index in [2.05, 4.69) is 26.5 Å². The summed E-state index contributed by atoms with van der Waals surface area (Å²) in [6, 6.07) is 9.94. The summed E-state index contributed by atoms with van der Waals surface area (Å²) in [5.41, 5.74) is 2.50. The maximum absolute atomic E-state index is 12.7. The van der Waals surface area contributed by atoms with Crippen LogP contribution >= 0.6 is 15.9 Å². The van der Waals surface area contributed by atoms with Crippen molar-refractivity contribution >= 4 is 28.1 Å². The van der Waals surface area contributed by atoms with Crippen LogP contribution in [0, 0.1) is 0 Å². The molecule has 0 aromatic heterocycles. The molecule has 0 atom stereocenters. The molecule has 8 heteroatoms. The van der Waals surface area contributed by atoms with E-state index in [4.69, 9.17) is 4.74 Å². The minimum Gasteiger partial charge on any atom is -0.493 e. The summed E-state index contributed by atoms with van der Waals surface area (Å²) in [5.74, 6) is 0.184. The zero-order valence-corrected chi connectivity index (χ0v) is 15.4. The van der Waals surface area contributed by atoms with E-state index >= 15 is 0 Å². The summed E-state index contributed by atoms with van der Waals surface area (Å²) < 4.78 is 44.1. The topological polar surface area (TPSA) is 50.7 Å². The maximum Gasteiger partial charge on any atom is 0.416 e. The Morgan fingerprint density at radius 3 is 2.69 bits per heavy atom. The third kappa shape index (κ3) is 5.87. The van der Waals surface area contributed by atoms with Crippen molar-refractivity contribution in [2.75, 3.05) is 6.61 Å². The second kappa shape index (κ2) is 8.84. The average molecular weight is 429 g/mol. The van der Waals surface area contributed by atoms with Crippen molar-refractivity contribution in [1.82, 2.24) is 5.43 Å². The van der Waals surface area contributed by atoms with Gasteiger partial charge in [0.25, 0.3) is 0 Å². The Hall–Kier alpha value is -2.35. The van der Waals surface area contributed by atoms with Crippen LogP contribution in [0.4, 0.5) is 13.2 Å². The van der Waals surface area contributed by atoms with Crippen molar-refractivity contribution in [2.24, 2.45) is 5.10 Å². The number of carbonyl (C=O) groups is 1. The third-order valence-electron chi connectivity index (χ3n) is 3.28. The number of alkyl halides is 3. The van der Waals surface area contributed by atoms with Gasteiger partial charge in [-0.15, -0.1) is 0 Å². The quantitative estimate of drug-likeness (QED) is 0.541. The Bertz CT molecular complexity index is 807. The van der Waals surface area contributed by atoms with Crippen molar-refractivity contribution in [2.45, 2.75) is 19.5 Å². The van der Waals surface area contributed by atoms with Gasteiger partial charge in [0.2, 0.25) is 5.91 Å². The van der Waals surface area contributed by atoms with Crippen LogP contribution in [0.3, 0.4) is 0 Å². The van der Waals surface area contributed by atoms with Gasteiger partial charge in [-0.3, -0.25) is 4.79 Å². The van der Waals surface area contributed by atoms with Gasteiger partial charge in [-0.05, 0) is 58.2 Å². The van der Waals surface area contributed by atoms with Gasteiger partial charge in [-0.25, -0.2) is 5.43 Å². The number of hydrazone groups is 1. The molecular weight excluding hydrogens is 413 g/mol. The van der Waals surface area contributed by atoms with Crippen LogP contribution in [0.5, 0.6) is 5.75 Å². The summed E-state index contributed by atoms with van der Waals surface area (Å²) in [6.07, 6.45) is -3.20. The Morgan fingerprint density at radius 2 is 2.04 bits per heavy atom. The molecule has 0 spiro atoms. The van der Waals surface area contributed by atoms with Crippen molar-refractivity contribution < 1.29 is 22.7 Å². The molecule has 0 saturated heterocycles. The molecular formula is C18H16BrF3N2O2. The second-order valence-electron chi connectivity index (χ2n) is 5.29. The number of amides is 1. The van der Waals surface area contributed by atoms with Crippen LogP contribution in [0.25, 0.3) is 0 Å². The van der Waals surface area contributed by atoms with Gasteiger partial charge in [0.05, 0.1) is 29.3 Å². The number of rotatable bonds is 6. The molecule has 0 fully saturated rings. The van der Waals surface area contributed by atoms with E-state index in [0.717, 1.165) is 22.2 Å². The molecule has 2 rings (SSSR count). The lowest BCUT2D eigenvalue weighted by molar-refractivity contribution is -0.137. The van der Waals surface area contributed by atoms with E-state index in [1.807, 2.05) is 6.92 Å². The van der Waals surface area contributed by atoms with E-state index in [9.17, 15) is 18.0 Å². The van der Waals surface area contributed by atoms with Crippen LogP contribution in [0.15, 0.2) is 52.0 Å². The largest absolute Gasteiger partial charge is 0.493 e. The predicted octanol–water partition coefficient (Wildman–Crippen LogP) is 4.56. The molecule has 1 amide bonds. The molecule has 138 valence electrons. The van der Waals surface area contributed by atoms with Gasteiger partial charge in [-0.1, -0.05) is 18.2 Å². The highest BCUT2D eigenvalue weighted by Gasteiger charge is 2.30. The normalized spacial score (nSPS) is 11.6. The molecule has 1 N–H and O–H groups in total. The number of hydrogen-bond donors (Lipinski definition) is 1. The first-order valence-corrected chi connectivity index (χ1v) is 8.49. The summed E-state index contributed by atoms with van der Waals surface area (Å²) in [7, 11) is 0. The first kappa shape index (κ1) is 20.0. The fourth-order valence-electron chi connectivity index (χ4n) is 2.13. The third-order valence-corrected chi connectivity index (χ3v) is 3.90. The van der Waals surface area contributed by atoms with Gasteiger partial charge >= 0.3 is 6.18 Å². The summed E-state index contributed by atoms with van der Waals surface area (Å²) >= 11 is 3.37. The van der Waals surface area contributed by atoms with E-state index < -0.39 is 17.6 Å². The Morgan fingerprint density at radius 1 is 1.27 bits per heavy atom. The number of hydrogen-bond acceptors (Lipinski definition) is 3. The van der Waals surface area contributed by atoms with Crippen LogP contribution in [0.1, 0.15) is 23.6 Å². The van der Waals surface area contributed by atoms with Gasteiger partial charge in [0, 0.05) is 0 Å². The molecule has 0 heterocycles. The lowest BCUT2D eigenvalue weighted by Crippen LogP contribution is -2.20. The summed E-state index contributed by atoms with van der Waals surface area (Å²) in [6.45, 7) is 2.42. The van der Waals surface area contributed by atoms with Gasteiger partial charge < -0.3 is 4.74 Å². The first-order chi connectivity index (χ1) is 12.3. The molecule has 0 aliphatic heterocycles. The van der Waals surface area contributed by atoms with Crippen LogP contribution in [0.2, 0.25) is 0 Å². The SMILES string of the molecule is CCOc1ccc(/C=N\NC(=O)Cc2cccc(C(F)(F)F)c2)cc1Br. The molecule has 0 aliphatic carbocycles. The Balaban J connectivity index is 1.94. The van der Waals surface area contributed by atoms with Gasteiger partial charge in [0.15, 0.2) is 0 Å². The van der Waals surface area contributed by atoms with E-state index in [1.54, 1.807) is 18.2 Å². The highest BCUT2D eigenvalue weighted by molar-refractivity contribution is 9.10. The second-order valence-corrected chi connectivity index (χ2v) is 6.15. The number of benzene rings is 2. The molecule has 0 radical (unpaired) electrons. The Kier molecular flexibility index (Phi) is 6.79. The Labute approximate surface area is 157 Å². The summed E-state index contributed by atoms with van der Waals surface area (Å²) in [5, 5.41) is 3.82. The number of halogens is 4. The highest BCUT2D eigenvalue weighted by Crippen LogP contribution is 2.29. The number of nitrogens with zero attached hydrogens (tertiary/aromatic N) is 1. The molecule has 0 aliphatic rings. The van der Waals surface area contributed by atoms with Crippen molar-refractivity contribution in [3.8, 4) is 5.75 Å². The lowest BCUT2D eigenvalue weighted by atomic mass is 10.1. The fraction of sp³-hybridized carbons (Fsp3) is 0.222. The van der Waals surface area contributed by atoms with Crippen LogP contribution < -0.4 is 10.2 Å². The molecule has 4 nitrogen and oxygen atoms in total. The predicted molar refractivity (Wildman–Crippen MR) is 96.2 cm³/mol. The standard InChI is InChI=1S/C18H16BrF3N2O2/c1-2-26-16-7-6-13(9-15(16)19)11-23-24-17(25)10-12-4-3-5-14(8-12)18(20,21)22/h3-9,11H,2,10H2,1H3,(H,24,25)/b23-11-. The highest BCUT2D eigenvalue weighted by atomic mass is 79.9. The van der Waals surface area contributed by atoms with Gasteiger partial charge in [0.1, 0.15) is 5.75 Å². The maximum atomic E-state index is 12.7. The molecule has 0 bridgehead atoms.